The highest BCUT2D eigenvalue weighted by atomic mass is 35.5. The number of carbonyl (C=O) groups is 2. The predicted molar refractivity (Wildman–Crippen MR) is 154 cm³/mol. The van der Waals surface area contributed by atoms with Crippen LogP contribution in [0.5, 0.6) is 11.8 Å². The molecule has 0 radical (unpaired) electrons. The number of hydrogen-bond donors (Lipinski definition) is 1. The summed E-state index contributed by atoms with van der Waals surface area (Å²) >= 11 is 13.3. The van der Waals surface area contributed by atoms with Gasteiger partial charge in [0.2, 0.25) is 17.7 Å². The van der Waals surface area contributed by atoms with Crippen LogP contribution in [0.15, 0.2) is 36.4 Å². The molecule has 5 rings (SSSR count). The van der Waals surface area contributed by atoms with Crippen LogP contribution in [-0.4, -0.2) is 102 Å². The highest BCUT2D eigenvalue weighted by Crippen LogP contribution is 2.45. The highest BCUT2D eigenvalue weighted by Gasteiger charge is 2.37. The summed E-state index contributed by atoms with van der Waals surface area (Å²) in [5.41, 5.74) is 2.80. The number of nitrogens with one attached hydrogen (secondary N) is 1. The van der Waals surface area contributed by atoms with Gasteiger partial charge in [0.1, 0.15) is 0 Å². The van der Waals surface area contributed by atoms with Crippen LogP contribution in [-0.2, 0) is 4.79 Å². The van der Waals surface area contributed by atoms with E-state index in [1.54, 1.807) is 32.4 Å². The Morgan fingerprint density at radius 1 is 0.925 bits per heavy atom. The number of hydrogen-bond acceptors (Lipinski definition) is 8. The van der Waals surface area contributed by atoms with Crippen molar-refractivity contribution in [2.75, 3.05) is 60.5 Å². The van der Waals surface area contributed by atoms with Crippen molar-refractivity contribution in [3.8, 4) is 11.8 Å². The highest BCUT2D eigenvalue weighted by molar-refractivity contribution is 6.29. The molecule has 2 aromatic rings. The van der Waals surface area contributed by atoms with Gasteiger partial charge < -0.3 is 29.5 Å². The molecule has 1 atom stereocenters. The number of carbonyl (C=O) groups excluding carboxylic acids is 2. The van der Waals surface area contributed by atoms with Crippen LogP contribution in [0.1, 0.15) is 34.3 Å². The van der Waals surface area contributed by atoms with E-state index in [4.69, 9.17) is 32.9 Å². The number of methoxy groups -OCH3 is 2. The van der Waals surface area contributed by atoms with E-state index in [1.165, 1.54) is 4.42 Å². The summed E-state index contributed by atoms with van der Waals surface area (Å²) in [6.07, 6.45) is 1.76. The van der Waals surface area contributed by atoms with Gasteiger partial charge >= 0.3 is 0 Å². The maximum Gasteiger partial charge on any atom is 0.253 e. The molecule has 2 amide bonds. The Morgan fingerprint density at radius 3 is 2.20 bits per heavy atom. The molecule has 0 saturated carbocycles. The van der Waals surface area contributed by atoms with E-state index >= 15 is 0 Å². The lowest BCUT2D eigenvalue weighted by atomic mass is 9.96. The fourth-order valence-corrected chi connectivity index (χ4v) is 6.00. The molecule has 0 spiro atoms. The Labute approximate surface area is 244 Å². The SMILES string of the molecule is COc1ccc(C2=C(c3ccc(C(=O)N4CCN(C(=O)C5CCNCC5)CC4)cc3)N(Cl)C(Cl)N2C)c(OC)n1. The van der Waals surface area contributed by atoms with Gasteiger partial charge in [-0.15, -0.1) is 0 Å². The third-order valence-corrected chi connectivity index (χ3v) is 8.70. The summed E-state index contributed by atoms with van der Waals surface area (Å²) < 4.78 is 12.2. The standard InChI is InChI=1S/C28H34Cl2N6O4/c1-33-24(21-8-9-22(39-2)32-25(21)40-3)23(36(30)28(33)29)18-4-6-19(7-5-18)26(37)34-14-16-35(17-15-34)27(38)20-10-12-31-13-11-20/h4-9,20,28,31H,10-17H2,1-3H3. The van der Waals surface area contributed by atoms with Crippen molar-refractivity contribution in [1.29, 1.82) is 0 Å². The van der Waals surface area contributed by atoms with Gasteiger partial charge in [0, 0.05) is 68.1 Å². The average Bonchev–Trinajstić information content (AvgIpc) is 3.24. The van der Waals surface area contributed by atoms with Crippen LogP contribution >= 0.6 is 23.4 Å². The van der Waals surface area contributed by atoms with Crippen molar-refractivity contribution in [1.82, 2.24) is 29.4 Å². The number of benzene rings is 1. The molecule has 1 aromatic carbocycles. The van der Waals surface area contributed by atoms with Gasteiger partial charge in [0.05, 0.1) is 31.2 Å². The van der Waals surface area contributed by atoms with Gasteiger partial charge in [0.15, 0.2) is 5.62 Å². The molecule has 1 N–H and O–H groups in total. The number of ether oxygens (including phenoxy) is 2. The minimum Gasteiger partial charge on any atom is -0.481 e. The molecule has 12 heteroatoms. The Morgan fingerprint density at radius 2 is 1.57 bits per heavy atom. The monoisotopic (exact) mass is 588 g/mol. The van der Waals surface area contributed by atoms with Gasteiger partial charge in [-0.25, -0.2) is 4.42 Å². The summed E-state index contributed by atoms with van der Waals surface area (Å²) in [4.78, 5) is 36.2. The zero-order valence-electron chi connectivity index (χ0n) is 22.9. The fraction of sp³-hybridized carbons (Fsp3) is 0.464. The van der Waals surface area contributed by atoms with Crippen LogP contribution in [0.4, 0.5) is 0 Å². The lowest BCUT2D eigenvalue weighted by molar-refractivity contribution is -0.137. The maximum atomic E-state index is 13.3. The van der Waals surface area contributed by atoms with Crippen molar-refractivity contribution >= 4 is 46.6 Å². The Bertz CT molecular complexity index is 1280. The number of piperidine rings is 1. The first-order valence-electron chi connectivity index (χ1n) is 13.4. The predicted octanol–water partition coefficient (Wildman–Crippen LogP) is 3.13. The molecule has 40 heavy (non-hydrogen) atoms. The molecule has 2 saturated heterocycles. The molecule has 1 unspecified atom stereocenters. The van der Waals surface area contributed by atoms with Crippen LogP contribution in [0.2, 0.25) is 0 Å². The van der Waals surface area contributed by atoms with Gasteiger partial charge in [-0.1, -0.05) is 23.7 Å². The molecular weight excluding hydrogens is 555 g/mol. The quantitative estimate of drug-likeness (QED) is 0.313. The van der Waals surface area contributed by atoms with E-state index < -0.39 is 5.62 Å². The maximum absolute atomic E-state index is 13.3. The number of alkyl halides is 1. The van der Waals surface area contributed by atoms with Crippen LogP contribution < -0.4 is 14.8 Å². The molecule has 1 aromatic heterocycles. The van der Waals surface area contributed by atoms with Crippen molar-refractivity contribution in [3.05, 3.63) is 53.1 Å². The molecular formula is C28H34Cl2N6O4. The van der Waals surface area contributed by atoms with E-state index in [0.717, 1.165) is 37.2 Å². The summed E-state index contributed by atoms with van der Waals surface area (Å²) in [7, 11) is 4.92. The summed E-state index contributed by atoms with van der Waals surface area (Å²) in [6.45, 7) is 3.93. The first kappa shape index (κ1) is 28.3. The van der Waals surface area contributed by atoms with Crippen LogP contribution in [0, 0.1) is 5.92 Å². The van der Waals surface area contributed by atoms with Crippen molar-refractivity contribution in [2.24, 2.45) is 5.92 Å². The topological polar surface area (TPSA) is 90.5 Å². The molecule has 3 aliphatic rings. The number of nitrogens with zero attached hydrogens (tertiary/aromatic N) is 5. The summed E-state index contributed by atoms with van der Waals surface area (Å²) in [5.74, 6) is 1.05. The molecule has 0 aliphatic carbocycles. The molecule has 10 nitrogen and oxygen atoms in total. The smallest absolute Gasteiger partial charge is 0.253 e. The second-order valence-electron chi connectivity index (χ2n) is 10.1. The lowest BCUT2D eigenvalue weighted by Gasteiger charge is -2.37. The van der Waals surface area contributed by atoms with Gasteiger partial charge in [-0.2, -0.15) is 4.98 Å². The first-order valence-corrected chi connectivity index (χ1v) is 14.2. The van der Waals surface area contributed by atoms with Gasteiger partial charge in [-0.3, -0.25) is 9.59 Å². The van der Waals surface area contributed by atoms with Crippen molar-refractivity contribution in [3.63, 3.8) is 0 Å². The van der Waals surface area contributed by atoms with E-state index in [-0.39, 0.29) is 17.7 Å². The van der Waals surface area contributed by atoms with E-state index in [2.05, 4.69) is 10.3 Å². The number of halogens is 2. The minimum absolute atomic E-state index is 0.0581. The zero-order chi connectivity index (χ0) is 28.4. The molecule has 214 valence electrons. The van der Waals surface area contributed by atoms with E-state index in [1.807, 2.05) is 39.9 Å². The third-order valence-electron chi connectivity index (χ3n) is 7.76. The number of aromatic nitrogens is 1. The largest absolute Gasteiger partial charge is 0.481 e. The minimum atomic E-state index is -0.649. The van der Waals surface area contributed by atoms with Crippen LogP contribution in [0.3, 0.4) is 0 Å². The number of rotatable bonds is 6. The average molecular weight is 590 g/mol. The molecule has 3 aliphatic heterocycles. The summed E-state index contributed by atoms with van der Waals surface area (Å²) in [5, 5.41) is 3.30. The zero-order valence-corrected chi connectivity index (χ0v) is 24.4. The molecule has 4 heterocycles. The van der Waals surface area contributed by atoms with Crippen molar-refractivity contribution in [2.45, 2.75) is 18.5 Å². The normalized spacial score (nSPS) is 20.3. The number of piperazine rings is 1. The summed E-state index contributed by atoms with van der Waals surface area (Å²) in [6, 6.07) is 10.9. The number of pyridine rings is 1. The first-order chi connectivity index (χ1) is 19.3. The Hall–Kier alpha value is -3.21. The van der Waals surface area contributed by atoms with Gasteiger partial charge in [-0.05, 0) is 44.1 Å². The van der Waals surface area contributed by atoms with Crippen LogP contribution in [0.25, 0.3) is 11.4 Å². The van der Waals surface area contributed by atoms with Gasteiger partial charge in [0.25, 0.3) is 5.91 Å². The van der Waals surface area contributed by atoms with E-state index in [0.29, 0.717) is 54.8 Å². The van der Waals surface area contributed by atoms with Crippen molar-refractivity contribution < 1.29 is 19.1 Å². The molecule has 0 bridgehead atoms. The third kappa shape index (κ3) is 5.40. The molecule has 2 fully saturated rings. The number of amides is 2. The lowest BCUT2D eigenvalue weighted by Crippen LogP contribution is -2.52. The fourth-order valence-electron chi connectivity index (χ4n) is 5.49. The Kier molecular flexibility index (Phi) is 8.58. The van der Waals surface area contributed by atoms with E-state index in [9.17, 15) is 9.59 Å². The second-order valence-corrected chi connectivity index (χ2v) is 10.8. The Balaban J connectivity index is 1.33. The second kappa shape index (κ2) is 12.1.